The van der Waals surface area contributed by atoms with Crippen LogP contribution in [0, 0.1) is 5.92 Å². The van der Waals surface area contributed by atoms with Gasteiger partial charge in [-0.25, -0.2) is 0 Å². The number of ketones is 1. The van der Waals surface area contributed by atoms with E-state index in [-0.39, 0.29) is 11.7 Å². The summed E-state index contributed by atoms with van der Waals surface area (Å²) >= 11 is 0. The molecule has 5 heteroatoms. The number of likely N-dealkylation sites (tertiary alicyclic amines) is 1. The number of Topliss-reactive ketones (excluding diaryl/α,β-unsaturated/α-hetero) is 1. The number of nitrogens with zero attached hydrogens (tertiary/aromatic N) is 3. The Morgan fingerprint density at radius 3 is 3.00 bits per heavy atom. The smallest absolute Gasteiger partial charge is 0.293 e. The van der Waals surface area contributed by atoms with E-state index >= 15 is 0 Å². The summed E-state index contributed by atoms with van der Waals surface area (Å²) in [6.07, 6.45) is 1.97. The van der Waals surface area contributed by atoms with Gasteiger partial charge < -0.3 is 9.42 Å². The molecule has 82 valence electrons. The van der Waals surface area contributed by atoms with Gasteiger partial charge in [-0.3, -0.25) is 4.79 Å². The molecule has 1 aliphatic rings. The molecule has 15 heavy (non-hydrogen) atoms. The molecule has 0 spiro atoms. The van der Waals surface area contributed by atoms with Gasteiger partial charge in [-0.15, -0.1) is 0 Å². The predicted octanol–water partition coefficient (Wildman–Crippen LogP) is 0.766. The highest BCUT2D eigenvalue weighted by molar-refractivity contribution is 5.89. The van der Waals surface area contributed by atoms with Crippen LogP contribution in [-0.4, -0.2) is 41.0 Å². The van der Waals surface area contributed by atoms with Gasteiger partial charge in [0.15, 0.2) is 5.82 Å². The Bertz CT molecular complexity index is 361. The summed E-state index contributed by atoms with van der Waals surface area (Å²) < 4.78 is 4.84. The summed E-state index contributed by atoms with van der Waals surface area (Å²) in [6.45, 7) is 3.63. The number of carbonyl (C=O) groups is 1. The lowest BCUT2D eigenvalue weighted by Crippen LogP contribution is -2.15. The van der Waals surface area contributed by atoms with Crippen LogP contribution in [-0.2, 0) is 6.42 Å². The molecule has 1 fully saturated rings. The summed E-state index contributed by atoms with van der Waals surface area (Å²) in [6, 6.07) is 0. The van der Waals surface area contributed by atoms with Crippen molar-refractivity contribution in [2.45, 2.75) is 19.8 Å². The van der Waals surface area contributed by atoms with Gasteiger partial charge in [-0.1, -0.05) is 5.16 Å². The van der Waals surface area contributed by atoms with Crippen molar-refractivity contribution in [3.8, 4) is 0 Å². The third-order valence-electron chi connectivity index (χ3n) is 2.73. The fourth-order valence-electron chi connectivity index (χ4n) is 1.93. The predicted molar refractivity (Wildman–Crippen MR) is 53.6 cm³/mol. The minimum atomic E-state index is -0.169. The molecular formula is C10H15N3O2. The first kappa shape index (κ1) is 10.3. The first-order chi connectivity index (χ1) is 7.15. The number of hydrogen-bond donors (Lipinski definition) is 0. The zero-order valence-corrected chi connectivity index (χ0v) is 9.06. The Hall–Kier alpha value is -1.23. The minimum Gasteiger partial charge on any atom is -0.331 e. The number of carbonyl (C=O) groups excluding carboxylic acids is 1. The average Bonchev–Trinajstić information content (AvgIpc) is 2.76. The molecule has 0 bridgehead atoms. The van der Waals surface area contributed by atoms with Crippen LogP contribution in [0.4, 0.5) is 0 Å². The molecule has 0 radical (unpaired) electrons. The van der Waals surface area contributed by atoms with Crippen LogP contribution >= 0.6 is 0 Å². The second-order valence-corrected chi connectivity index (χ2v) is 4.19. The highest BCUT2D eigenvalue weighted by atomic mass is 16.5. The van der Waals surface area contributed by atoms with E-state index < -0.39 is 0 Å². The second kappa shape index (κ2) is 4.10. The van der Waals surface area contributed by atoms with Crippen molar-refractivity contribution in [3.05, 3.63) is 11.7 Å². The minimum absolute atomic E-state index is 0.122. The molecule has 2 rings (SSSR count). The van der Waals surface area contributed by atoms with Gasteiger partial charge in [0, 0.05) is 19.9 Å². The van der Waals surface area contributed by atoms with E-state index in [9.17, 15) is 4.79 Å². The molecule has 0 aliphatic carbocycles. The summed E-state index contributed by atoms with van der Waals surface area (Å²) in [7, 11) is 2.11. The van der Waals surface area contributed by atoms with Crippen molar-refractivity contribution in [3.63, 3.8) is 0 Å². The number of aromatic nitrogens is 2. The van der Waals surface area contributed by atoms with Crippen LogP contribution in [0.25, 0.3) is 0 Å². The molecule has 1 saturated heterocycles. The quantitative estimate of drug-likeness (QED) is 0.688. The molecule has 1 aromatic rings. The van der Waals surface area contributed by atoms with Gasteiger partial charge in [0.25, 0.3) is 5.89 Å². The largest absolute Gasteiger partial charge is 0.331 e. The van der Waals surface area contributed by atoms with Crippen LogP contribution in [0.5, 0.6) is 0 Å². The third kappa shape index (κ3) is 2.41. The lowest BCUT2D eigenvalue weighted by molar-refractivity contribution is 0.0972. The molecule has 0 saturated carbocycles. The Morgan fingerprint density at radius 1 is 1.67 bits per heavy atom. The van der Waals surface area contributed by atoms with E-state index in [1.54, 1.807) is 0 Å². The molecule has 0 amide bonds. The molecule has 5 nitrogen and oxygen atoms in total. The SMILES string of the molecule is CC(=O)c1nc(CC2CCN(C)C2)no1. The maximum atomic E-state index is 10.9. The monoisotopic (exact) mass is 209 g/mol. The molecule has 1 atom stereocenters. The fraction of sp³-hybridized carbons (Fsp3) is 0.700. The van der Waals surface area contributed by atoms with Crippen LogP contribution in [0.15, 0.2) is 4.52 Å². The summed E-state index contributed by atoms with van der Waals surface area (Å²) in [4.78, 5) is 17.3. The first-order valence-electron chi connectivity index (χ1n) is 5.17. The third-order valence-corrected chi connectivity index (χ3v) is 2.73. The standard InChI is InChI=1S/C10H15N3O2/c1-7(14)10-11-9(12-15-10)5-8-3-4-13(2)6-8/h8H,3-6H2,1-2H3. The van der Waals surface area contributed by atoms with E-state index in [1.807, 2.05) is 0 Å². The lowest BCUT2D eigenvalue weighted by Gasteiger charge is -2.06. The summed E-state index contributed by atoms with van der Waals surface area (Å²) in [5.74, 6) is 1.20. The van der Waals surface area contributed by atoms with Crippen LogP contribution < -0.4 is 0 Å². The molecule has 2 heterocycles. The van der Waals surface area contributed by atoms with Gasteiger partial charge in [0.2, 0.25) is 5.78 Å². The van der Waals surface area contributed by atoms with Gasteiger partial charge in [-0.05, 0) is 25.9 Å². The van der Waals surface area contributed by atoms with Gasteiger partial charge >= 0.3 is 0 Å². The maximum Gasteiger partial charge on any atom is 0.293 e. The number of rotatable bonds is 3. The van der Waals surface area contributed by atoms with Gasteiger partial charge in [0.1, 0.15) is 0 Å². The Balaban J connectivity index is 1.96. The normalized spacial score (nSPS) is 22.1. The zero-order chi connectivity index (χ0) is 10.8. The van der Waals surface area contributed by atoms with Crippen molar-refractivity contribution < 1.29 is 9.32 Å². The summed E-state index contributed by atoms with van der Waals surface area (Å²) in [5.41, 5.74) is 0. The maximum absolute atomic E-state index is 10.9. The van der Waals surface area contributed by atoms with E-state index in [2.05, 4.69) is 22.1 Å². The molecule has 0 aromatic carbocycles. The second-order valence-electron chi connectivity index (χ2n) is 4.19. The van der Waals surface area contributed by atoms with E-state index in [0.717, 1.165) is 19.5 Å². The van der Waals surface area contributed by atoms with Crippen molar-refractivity contribution in [1.82, 2.24) is 15.0 Å². The average molecular weight is 209 g/mol. The fourth-order valence-corrected chi connectivity index (χ4v) is 1.93. The van der Waals surface area contributed by atoms with E-state index in [0.29, 0.717) is 11.7 Å². The topological polar surface area (TPSA) is 59.2 Å². The zero-order valence-electron chi connectivity index (χ0n) is 9.06. The van der Waals surface area contributed by atoms with Gasteiger partial charge in [-0.2, -0.15) is 4.98 Å². The molecule has 1 aliphatic heterocycles. The number of hydrogen-bond acceptors (Lipinski definition) is 5. The Morgan fingerprint density at radius 2 is 2.47 bits per heavy atom. The van der Waals surface area contributed by atoms with Crippen molar-refractivity contribution in [1.29, 1.82) is 0 Å². The summed E-state index contributed by atoms with van der Waals surface area (Å²) in [5, 5.41) is 3.80. The first-order valence-corrected chi connectivity index (χ1v) is 5.17. The molecule has 0 N–H and O–H groups in total. The highest BCUT2D eigenvalue weighted by Gasteiger charge is 2.22. The molecular weight excluding hydrogens is 194 g/mol. The van der Waals surface area contributed by atoms with E-state index in [4.69, 9.17) is 4.52 Å². The lowest BCUT2D eigenvalue weighted by atomic mass is 10.1. The van der Waals surface area contributed by atoms with Gasteiger partial charge in [0.05, 0.1) is 0 Å². The molecule has 1 aromatic heterocycles. The van der Waals surface area contributed by atoms with Crippen LogP contribution in [0.1, 0.15) is 29.9 Å². The Kier molecular flexibility index (Phi) is 2.81. The Labute approximate surface area is 88.5 Å². The van der Waals surface area contributed by atoms with Crippen molar-refractivity contribution in [2.75, 3.05) is 20.1 Å². The molecule has 1 unspecified atom stereocenters. The highest BCUT2D eigenvalue weighted by Crippen LogP contribution is 2.18. The van der Waals surface area contributed by atoms with Crippen molar-refractivity contribution in [2.24, 2.45) is 5.92 Å². The van der Waals surface area contributed by atoms with Crippen LogP contribution in [0.3, 0.4) is 0 Å². The van der Waals surface area contributed by atoms with Crippen molar-refractivity contribution >= 4 is 5.78 Å². The van der Waals surface area contributed by atoms with E-state index in [1.165, 1.54) is 13.3 Å². The van der Waals surface area contributed by atoms with Crippen LogP contribution in [0.2, 0.25) is 0 Å².